The molecule has 2 aromatic rings. The van der Waals surface area contributed by atoms with Gasteiger partial charge in [0, 0.05) is 29.6 Å². The fourth-order valence-corrected chi connectivity index (χ4v) is 4.37. The van der Waals surface area contributed by atoms with Gasteiger partial charge in [0.05, 0.1) is 22.3 Å². The molecule has 0 aliphatic heterocycles. The Balaban J connectivity index is 2.11. The lowest BCUT2D eigenvalue weighted by molar-refractivity contribution is -0.138. The number of nitrogens with zero attached hydrogens (tertiary/aromatic N) is 2. The van der Waals surface area contributed by atoms with Crippen LogP contribution in [0.3, 0.4) is 0 Å². The van der Waals surface area contributed by atoms with E-state index in [4.69, 9.17) is 32.7 Å². The molecular weight excluding hydrogens is 487 g/mol. The van der Waals surface area contributed by atoms with E-state index in [-0.39, 0.29) is 30.7 Å². The van der Waals surface area contributed by atoms with Crippen molar-refractivity contribution in [3.05, 3.63) is 88.2 Å². The highest BCUT2D eigenvalue weighted by Crippen LogP contribution is 2.39. The smallest absolute Gasteiger partial charge is 0.334 e. The predicted molar refractivity (Wildman–Crippen MR) is 139 cm³/mol. The summed E-state index contributed by atoms with van der Waals surface area (Å²) in [6.45, 7) is 9.70. The largest absolute Gasteiger partial charge is 0.488 e. The van der Waals surface area contributed by atoms with E-state index in [1.165, 1.54) is 6.08 Å². The molecule has 0 saturated heterocycles. The number of halogens is 2. The van der Waals surface area contributed by atoms with Gasteiger partial charge in [-0.15, -0.1) is 0 Å². The van der Waals surface area contributed by atoms with Crippen LogP contribution in [-0.2, 0) is 20.9 Å². The molecule has 0 saturated carbocycles. The van der Waals surface area contributed by atoms with Gasteiger partial charge in [-0.25, -0.2) is 4.79 Å². The Morgan fingerprint density at radius 3 is 2.49 bits per heavy atom. The third-order valence-electron chi connectivity index (χ3n) is 5.67. The maximum atomic E-state index is 14.0. The van der Waals surface area contributed by atoms with Crippen LogP contribution in [0.5, 0.6) is 5.75 Å². The van der Waals surface area contributed by atoms with E-state index >= 15 is 0 Å². The summed E-state index contributed by atoms with van der Waals surface area (Å²) in [5, 5.41) is 0.596. The van der Waals surface area contributed by atoms with Crippen molar-refractivity contribution in [3.63, 3.8) is 0 Å². The topological polar surface area (TPSA) is 68.7 Å². The maximum absolute atomic E-state index is 14.0. The minimum Gasteiger partial charge on any atom is -0.488 e. The number of esters is 1. The van der Waals surface area contributed by atoms with Crippen LogP contribution in [0.2, 0.25) is 10.0 Å². The monoisotopic (exact) mass is 514 g/mol. The first kappa shape index (κ1) is 26.5. The van der Waals surface area contributed by atoms with E-state index in [1.807, 2.05) is 13.0 Å². The second-order valence-electron chi connectivity index (χ2n) is 8.08. The molecule has 0 N–H and O–H groups in total. The fraction of sp³-hybridized carbons (Fsp3) is 0.296. The third-order valence-corrected chi connectivity index (χ3v) is 6.27. The zero-order valence-corrected chi connectivity index (χ0v) is 21.2. The zero-order valence-electron chi connectivity index (χ0n) is 19.7. The number of carbonyl (C=O) groups is 2. The van der Waals surface area contributed by atoms with Crippen LogP contribution in [0, 0.1) is 6.92 Å². The SMILES string of the molecule is C=CCOC(=O)C1=C(C(=O)N(Cc2cnccc2C)c2cc(OCC=C)c(Cl)cc2Cl)CCCC1. The summed E-state index contributed by atoms with van der Waals surface area (Å²) in [7, 11) is 0. The Hall–Kier alpha value is -3.09. The van der Waals surface area contributed by atoms with E-state index in [0.29, 0.717) is 40.4 Å². The van der Waals surface area contributed by atoms with Gasteiger partial charge in [0.1, 0.15) is 19.0 Å². The minimum atomic E-state index is -0.498. The van der Waals surface area contributed by atoms with Crippen LogP contribution >= 0.6 is 23.2 Å². The Morgan fingerprint density at radius 2 is 1.80 bits per heavy atom. The van der Waals surface area contributed by atoms with Crippen molar-refractivity contribution in [1.29, 1.82) is 0 Å². The molecule has 0 unspecified atom stereocenters. The molecule has 1 aromatic heterocycles. The van der Waals surface area contributed by atoms with E-state index in [2.05, 4.69) is 18.1 Å². The van der Waals surface area contributed by atoms with E-state index in [0.717, 1.165) is 24.0 Å². The van der Waals surface area contributed by atoms with E-state index < -0.39 is 5.97 Å². The molecule has 1 aromatic carbocycles. The minimum absolute atomic E-state index is 0.0788. The average Bonchev–Trinajstić information content (AvgIpc) is 2.86. The molecule has 6 nitrogen and oxygen atoms in total. The van der Waals surface area contributed by atoms with Gasteiger partial charge in [-0.1, -0.05) is 48.5 Å². The molecule has 1 amide bonds. The van der Waals surface area contributed by atoms with Crippen LogP contribution in [-0.4, -0.2) is 30.1 Å². The normalized spacial score (nSPS) is 13.2. The summed E-state index contributed by atoms with van der Waals surface area (Å²) >= 11 is 12.9. The summed E-state index contributed by atoms with van der Waals surface area (Å²) < 4.78 is 10.9. The third kappa shape index (κ3) is 6.53. The first-order valence-corrected chi connectivity index (χ1v) is 12.1. The number of aryl methyl sites for hydroxylation is 1. The molecule has 1 aliphatic carbocycles. The quantitative estimate of drug-likeness (QED) is 0.271. The van der Waals surface area contributed by atoms with Crippen molar-refractivity contribution in [2.45, 2.75) is 39.2 Å². The lowest BCUT2D eigenvalue weighted by Gasteiger charge is -2.28. The van der Waals surface area contributed by atoms with Crippen LogP contribution in [0.25, 0.3) is 0 Å². The Labute approximate surface area is 215 Å². The van der Waals surface area contributed by atoms with Gasteiger partial charge in [0.2, 0.25) is 0 Å². The number of pyridine rings is 1. The van der Waals surface area contributed by atoms with Gasteiger partial charge < -0.3 is 14.4 Å². The van der Waals surface area contributed by atoms with Crippen LogP contribution in [0.1, 0.15) is 36.8 Å². The van der Waals surface area contributed by atoms with E-state index in [1.54, 1.807) is 35.5 Å². The number of amides is 1. The Kier molecular flexibility index (Phi) is 9.52. The first-order chi connectivity index (χ1) is 16.9. The standard InChI is InChI=1S/C27H28Cl2N2O4/c1-4-12-34-25-15-24(22(28)14-23(25)29)31(17-19-16-30-11-10-18(19)3)26(32)20-8-6-7-9-21(20)27(33)35-13-5-2/h4-5,10-11,14-16H,1-2,6-9,12-13,17H2,3H3. The zero-order chi connectivity index (χ0) is 25.4. The number of ether oxygens (including phenoxy) is 2. The van der Waals surface area contributed by atoms with Gasteiger partial charge >= 0.3 is 5.97 Å². The molecular formula is C27H28Cl2N2O4. The molecule has 8 heteroatoms. The maximum Gasteiger partial charge on any atom is 0.334 e. The Bertz CT molecular complexity index is 1160. The number of carbonyl (C=O) groups excluding carboxylic acids is 2. The van der Waals surface area contributed by atoms with Crippen molar-refractivity contribution >= 4 is 40.8 Å². The number of hydrogen-bond donors (Lipinski definition) is 0. The molecule has 35 heavy (non-hydrogen) atoms. The molecule has 1 heterocycles. The molecule has 3 rings (SSSR count). The first-order valence-electron chi connectivity index (χ1n) is 11.3. The van der Waals surface area contributed by atoms with Crippen LogP contribution in [0.15, 0.2) is 67.0 Å². The number of anilines is 1. The number of benzene rings is 1. The summed E-state index contributed by atoms with van der Waals surface area (Å²) in [4.78, 5) is 32.5. The van der Waals surface area contributed by atoms with Gasteiger partial charge in [-0.2, -0.15) is 0 Å². The second kappa shape index (κ2) is 12.6. The molecule has 1 aliphatic rings. The summed E-state index contributed by atoms with van der Waals surface area (Å²) in [5.41, 5.74) is 3.04. The highest BCUT2D eigenvalue weighted by molar-refractivity contribution is 6.37. The number of hydrogen-bond acceptors (Lipinski definition) is 5. The van der Waals surface area contributed by atoms with Gasteiger partial charge in [0.25, 0.3) is 5.91 Å². The predicted octanol–water partition coefficient (Wildman–Crippen LogP) is 6.39. The van der Waals surface area contributed by atoms with Crippen molar-refractivity contribution in [1.82, 2.24) is 4.98 Å². The van der Waals surface area contributed by atoms with Gasteiger partial charge in [-0.3, -0.25) is 9.78 Å². The lowest BCUT2D eigenvalue weighted by atomic mass is 9.90. The fourth-order valence-electron chi connectivity index (χ4n) is 3.83. The Morgan fingerprint density at radius 1 is 1.09 bits per heavy atom. The summed E-state index contributed by atoms with van der Waals surface area (Å²) in [6, 6.07) is 5.05. The van der Waals surface area contributed by atoms with Crippen LogP contribution < -0.4 is 9.64 Å². The molecule has 0 radical (unpaired) electrons. The molecule has 0 spiro atoms. The van der Waals surface area contributed by atoms with Crippen molar-refractivity contribution < 1.29 is 19.1 Å². The lowest BCUT2D eigenvalue weighted by Crippen LogP contribution is -2.34. The summed E-state index contributed by atoms with van der Waals surface area (Å²) in [5.74, 6) is -0.449. The van der Waals surface area contributed by atoms with Crippen LogP contribution in [0.4, 0.5) is 5.69 Å². The molecule has 0 bridgehead atoms. The molecule has 0 fully saturated rings. The molecule has 184 valence electrons. The average molecular weight is 515 g/mol. The van der Waals surface area contributed by atoms with Gasteiger partial charge in [0.15, 0.2) is 0 Å². The van der Waals surface area contributed by atoms with Crippen molar-refractivity contribution in [2.75, 3.05) is 18.1 Å². The van der Waals surface area contributed by atoms with Crippen molar-refractivity contribution in [3.8, 4) is 5.75 Å². The second-order valence-corrected chi connectivity index (χ2v) is 8.89. The summed E-state index contributed by atoms with van der Waals surface area (Å²) in [6.07, 6.45) is 9.03. The van der Waals surface area contributed by atoms with E-state index in [9.17, 15) is 9.59 Å². The molecule has 0 atom stereocenters. The number of rotatable bonds is 10. The number of aromatic nitrogens is 1. The van der Waals surface area contributed by atoms with Gasteiger partial charge in [-0.05, 0) is 55.9 Å². The highest BCUT2D eigenvalue weighted by Gasteiger charge is 2.30. The highest BCUT2D eigenvalue weighted by atomic mass is 35.5. The van der Waals surface area contributed by atoms with Crippen molar-refractivity contribution in [2.24, 2.45) is 0 Å².